The Morgan fingerprint density at radius 1 is 1.33 bits per heavy atom. The molecule has 1 aliphatic rings. The highest BCUT2D eigenvalue weighted by Crippen LogP contribution is 2.27. The molecule has 2 unspecified atom stereocenters. The van der Waals surface area contributed by atoms with E-state index in [1.54, 1.807) is 14.2 Å². The molecule has 0 saturated carbocycles. The van der Waals surface area contributed by atoms with E-state index < -0.39 is 0 Å². The normalized spacial score (nSPS) is 21.4. The Labute approximate surface area is 128 Å². The van der Waals surface area contributed by atoms with E-state index in [0.29, 0.717) is 25.1 Å². The summed E-state index contributed by atoms with van der Waals surface area (Å²) in [5.74, 6) is 0.625. The summed E-state index contributed by atoms with van der Waals surface area (Å²) in [5.41, 5.74) is 8.58. The van der Waals surface area contributed by atoms with Crippen LogP contribution in [0, 0.1) is 5.92 Å². The topological polar surface area (TPSA) is 47.7 Å². The van der Waals surface area contributed by atoms with Gasteiger partial charge in [-0.2, -0.15) is 0 Å². The van der Waals surface area contributed by atoms with Gasteiger partial charge in [-0.1, -0.05) is 24.3 Å². The third-order valence-electron chi connectivity index (χ3n) is 4.26. The Morgan fingerprint density at radius 2 is 2.19 bits per heavy atom. The lowest BCUT2D eigenvalue weighted by Gasteiger charge is -2.38. The summed E-state index contributed by atoms with van der Waals surface area (Å²) >= 11 is 0. The van der Waals surface area contributed by atoms with Gasteiger partial charge in [-0.05, 0) is 36.4 Å². The first-order valence-corrected chi connectivity index (χ1v) is 7.79. The van der Waals surface area contributed by atoms with Crippen molar-refractivity contribution in [3.8, 4) is 0 Å². The lowest BCUT2D eigenvalue weighted by molar-refractivity contribution is 0.0696. The van der Waals surface area contributed by atoms with Gasteiger partial charge in [0.15, 0.2) is 0 Å². The molecule has 1 aromatic rings. The molecule has 0 bridgehead atoms. The van der Waals surface area contributed by atoms with Crippen molar-refractivity contribution in [2.45, 2.75) is 25.5 Å². The molecular weight excluding hydrogens is 264 g/mol. The number of nitrogens with zero attached hydrogens (tertiary/aromatic N) is 1. The van der Waals surface area contributed by atoms with Gasteiger partial charge in [0.2, 0.25) is 0 Å². The quantitative estimate of drug-likeness (QED) is 0.837. The molecule has 0 aromatic heterocycles. The van der Waals surface area contributed by atoms with E-state index in [1.165, 1.54) is 24.0 Å². The van der Waals surface area contributed by atoms with Crippen molar-refractivity contribution < 1.29 is 9.47 Å². The van der Waals surface area contributed by atoms with E-state index in [2.05, 4.69) is 29.2 Å². The predicted molar refractivity (Wildman–Crippen MR) is 85.1 cm³/mol. The van der Waals surface area contributed by atoms with Crippen LogP contribution in [0.1, 0.15) is 30.0 Å². The average molecular weight is 292 g/mol. The molecule has 0 spiro atoms. The van der Waals surface area contributed by atoms with Crippen molar-refractivity contribution >= 4 is 0 Å². The number of benzene rings is 1. The maximum atomic E-state index is 6.07. The van der Waals surface area contributed by atoms with Gasteiger partial charge in [0.25, 0.3) is 0 Å². The molecule has 21 heavy (non-hydrogen) atoms. The van der Waals surface area contributed by atoms with Gasteiger partial charge >= 0.3 is 0 Å². The third kappa shape index (κ3) is 4.51. The van der Waals surface area contributed by atoms with E-state index in [-0.39, 0.29) is 0 Å². The van der Waals surface area contributed by atoms with Gasteiger partial charge in [0.05, 0.1) is 13.2 Å². The van der Waals surface area contributed by atoms with E-state index in [0.717, 1.165) is 19.7 Å². The lowest BCUT2D eigenvalue weighted by atomic mass is 9.94. The Hall–Kier alpha value is -0.940. The standard InChI is InChI=1S/C17H28N2O2/c1-20-12-14-5-3-7-16(9-14)17(10-18)19-8-4-6-15(11-19)13-21-2/h3,5,7,9,15,17H,4,6,8,10-13,18H2,1-2H3. The van der Waals surface area contributed by atoms with Crippen LogP contribution < -0.4 is 5.73 Å². The summed E-state index contributed by atoms with van der Waals surface area (Å²) in [6, 6.07) is 8.90. The van der Waals surface area contributed by atoms with Crippen LogP contribution in [0.5, 0.6) is 0 Å². The Bertz CT molecular complexity index is 423. The molecule has 4 nitrogen and oxygen atoms in total. The molecule has 2 N–H and O–H groups in total. The summed E-state index contributed by atoms with van der Waals surface area (Å²) in [6.07, 6.45) is 2.48. The number of piperidine rings is 1. The third-order valence-corrected chi connectivity index (χ3v) is 4.26. The van der Waals surface area contributed by atoms with Gasteiger partial charge < -0.3 is 15.2 Å². The Balaban J connectivity index is 2.09. The second kappa shape index (κ2) is 8.49. The van der Waals surface area contributed by atoms with Gasteiger partial charge in [-0.25, -0.2) is 0 Å². The maximum Gasteiger partial charge on any atom is 0.0713 e. The Morgan fingerprint density at radius 3 is 2.90 bits per heavy atom. The van der Waals surface area contributed by atoms with Crippen LogP contribution >= 0.6 is 0 Å². The van der Waals surface area contributed by atoms with Crippen molar-refractivity contribution in [2.24, 2.45) is 11.7 Å². The zero-order valence-electron chi connectivity index (χ0n) is 13.3. The molecule has 0 aliphatic carbocycles. The summed E-state index contributed by atoms with van der Waals surface area (Å²) in [7, 11) is 3.51. The molecule has 1 fully saturated rings. The van der Waals surface area contributed by atoms with Crippen molar-refractivity contribution in [1.29, 1.82) is 0 Å². The van der Waals surface area contributed by atoms with Gasteiger partial charge in [0.1, 0.15) is 0 Å². The molecule has 2 rings (SSSR count). The van der Waals surface area contributed by atoms with Crippen molar-refractivity contribution in [1.82, 2.24) is 4.90 Å². The minimum atomic E-state index is 0.293. The number of hydrogen-bond acceptors (Lipinski definition) is 4. The molecule has 118 valence electrons. The molecular formula is C17H28N2O2. The van der Waals surface area contributed by atoms with E-state index >= 15 is 0 Å². The predicted octanol–water partition coefficient (Wildman–Crippen LogP) is 2.19. The van der Waals surface area contributed by atoms with Crippen molar-refractivity contribution in [3.63, 3.8) is 0 Å². The fourth-order valence-electron chi connectivity index (χ4n) is 3.30. The highest BCUT2D eigenvalue weighted by molar-refractivity contribution is 5.26. The summed E-state index contributed by atoms with van der Waals surface area (Å²) in [5, 5.41) is 0. The first-order chi connectivity index (χ1) is 10.3. The second-order valence-electron chi connectivity index (χ2n) is 5.89. The number of rotatable bonds is 7. The van der Waals surface area contributed by atoms with Crippen LogP contribution in [-0.4, -0.2) is 45.4 Å². The zero-order valence-corrected chi connectivity index (χ0v) is 13.3. The number of ether oxygens (including phenoxy) is 2. The summed E-state index contributed by atoms with van der Waals surface area (Å²) < 4.78 is 10.6. The molecule has 0 radical (unpaired) electrons. The molecule has 4 heteroatoms. The van der Waals surface area contributed by atoms with Gasteiger partial charge in [-0.3, -0.25) is 4.90 Å². The van der Waals surface area contributed by atoms with Crippen LogP contribution in [0.25, 0.3) is 0 Å². The van der Waals surface area contributed by atoms with E-state index in [1.807, 2.05) is 0 Å². The SMILES string of the molecule is COCc1cccc(C(CN)N2CCCC(COC)C2)c1. The number of likely N-dealkylation sites (tertiary alicyclic amines) is 1. The first-order valence-electron chi connectivity index (χ1n) is 7.79. The number of hydrogen-bond donors (Lipinski definition) is 1. The first kappa shape index (κ1) is 16.4. The van der Waals surface area contributed by atoms with E-state index in [4.69, 9.17) is 15.2 Å². The zero-order chi connectivity index (χ0) is 15.1. The van der Waals surface area contributed by atoms with Gasteiger partial charge in [-0.15, -0.1) is 0 Å². The summed E-state index contributed by atoms with van der Waals surface area (Å²) in [6.45, 7) is 4.34. The minimum Gasteiger partial charge on any atom is -0.384 e. The van der Waals surface area contributed by atoms with Crippen LogP contribution in [0.3, 0.4) is 0 Å². The molecule has 0 amide bonds. The second-order valence-corrected chi connectivity index (χ2v) is 5.89. The van der Waals surface area contributed by atoms with Gasteiger partial charge in [0, 0.05) is 33.4 Å². The molecule has 2 atom stereocenters. The van der Waals surface area contributed by atoms with Crippen molar-refractivity contribution in [3.05, 3.63) is 35.4 Å². The average Bonchev–Trinajstić information content (AvgIpc) is 2.50. The smallest absolute Gasteiger partial charge is 0.0713 e. The maximum absolute atomic E-state index is 6.07. The van der Waals surface area contributed by atoms with Crippen LogP contribution in [0.15, 0.2) is 24.3 Å². The fourth-order valence-corrected chi connectivity index (χ4v) is 3.30. The Kier molecular flexibility index (Phi) is 6.64. The van der Waals surface area contributed by atoms with Crippen molar-refractivity contribution in [2.75, 3.05) is 40.5 Å². The molecule has 1 aromatic carbocycles. The lowest BCUT2D eigenvalue weighted by Crippen LogP contribution is -2.42. The summed E-state index contributed by atoms with van der Waals surface area (Å²) in [4.78, 5) is 2.51. The van der Waals surface area contributed by atoms with Crippen LogP contribution in [-0.2, 0) is 16.1 Å². The highest BCUT2D eigenvalue weighted by Gasteiger charge is 2.26. The largest absolute Gasteiger partial charge is 0.384 e. The van der Waals surface area contributed by atoms with E-state index in [9.17, 15) is 0 Å². The molecule has 1 heterocycles. The highest BCUT2D eigenvalue weighted by atomic mass is 16.5. The molecule has 1 saturated heterocycles. The van der Waals surface area contributed by atoms with Crippen LogP contribution in [0.2, 0.25) is 0 Å². The number of nitrogens with two attached hydrogens (primary N) is 1. The number of methoxy groups -OCH3 is 2. The monoisotopic (exact) mass is 292 g/mol. The van der Waals surface area contributed by atoms with Crippen LogP contribution in [0.4, 0.5) is 0 Å². The minimum absolute atomic E-state index is 0.293. The fraction of sp³-hybridized carbons (Fsp3) is 0.647. The molecule has 1 aliphatic heterocycles.